The average Bonchev–Trinajstić information content (AvgIpc) is 3.32. The van der Waals surface area contributed by atoms with E-state index in [4.69, 9.17) is 9.15 Å². The summed E-state index contributed by atoms with van der Waals surface area (Å²) in [6.07, 6.45) is 2.19. The third kappa shape index (κ3) is 5.28. The van der Waals surface area contributed by atoms with Crippen molar-refractivity contribution < 1.29 is 18.3 Å². The number of hydrogen-bond donors (Lipinski definition) is 1. The van der Waals surface area contributed by atoms with Crippen LogP contribution in [-0.4, -0.2) is 22.2 Å². The molecule has 0 radical (unpaired) electrons. The highest BCUT2D eigenvalue weighted by Crippen LogP contribution is 2.12. The van der Waals surface area contributed by atoms with Gasteiger partial charge in [-0.25, -0.2) is 4.39 Å². The predicted molar refractivity (Wildman–Crippen MR) is 115 cm³/mol. The third-order valence-electron chi connectivity index (χ3n) is 4.66. The molecule has 0 fully saturated rings. The molecule has 0 saturated heterocycles. The van der Waals surface area contributed by atoms with Crippen molar-refractivity contribution in [1.82, 2.24) is 15.1 Å². The van der Waals surface area contributed by atoms with Crippen LogP contribution >= 0.6 is 0 Å². The molecule has 0 aliphatic rings. The van der Waals surface area contributed by atoms with Gasteiger partial charge in [-0.15, -0.1) is 5.10 Å². The zero-order valence-corrected chi connectivity index (χ0v) is 17.0. The van der Waals surface area contributed by atoms with Gasteiger partial charge in [-0.2, -0.15) is 4.68 Å². The zero-order chi connectivity index (χ0) is 22.3. The Morgan fingerprint density at radius 1 is 1.06 bits per heavy atom. The monoisotopic (exact) mass is 433 g/mol. The smallest absolute Gasteiger partial charge is 0.271 e. The van der Waals surface area contributed by atoms with Crippen LogP contribution in [0.1, 0.15) is 21.7 Å². The maximum Gasteiger partial charge on any atom is 0.271 e. The summed E-state index contributed by atoms with van der Waals surface area (Å²) in [6.45, 7) is 0.555. The molecule has 0 bridgehead atoms. The fraction of sp³-hybridized carbons (Fsp3) is 0.125. The first-order chi connectivity index (χ1) is 15.6. The Morgan fingerprint density at radius 2 is 1.91 bits per heavy atom. The summed E-state index contributed by atoms with van der Waals surface area (Å²) >= 11 is 0. The molecule has 0 aliphatic heterocycles. The Balaban J connectivity index is 1.41. The lowest BCUT2D eigenvalue weighted by Crippen LogP contribution is -2.25. The maximum atomic E-state index is 13.3. The Kier molecular flexibility index (Phi) is 6.41. The van der Waals surface area contributed by atoms with Crippen molar-refractivity contribution in [1.29, 1.82) is 0 Å². The van der Waals surface area contributed by atoms with Crippen LogP contribution in [0.25, 0.3) is 5.69 Å². The summed E-state index contributed by atoms with van der Waals surface area (Å²) in [4.78, 5) is 24.6. The highest BCUT2D eigenvalue weighted by molar-refractivity contribution is 5.94. The lowest BCUT2D eigenvalue weighted by molar-refractivity contribution is 0.0953. The standard InChI is InChI=1S/C24H20FN3O4/c25-19-4-1-3-17(15-19)16-32-22-10-11-23(29)28(27-22)20-8-6-18(7-9-20)24(30)26-13-12-21-5-2-14-31-21/h1-11,14-15H,12-13,16H2,(H,26,30). The van der Waals surface area contributed by atoms with Crippen LogP contribution in [0.2, 0.25) is 0 Å². The normalized spacial score (nSPS) is 10.7. The maximum absolute atomic E-state index is 13.3. The quantitative estimate of drug-likeness (QED) is 0.460. The average molecular weight is 433 g/mol. The van der Waals surface area contributed by atoms with E-state index < -0.39 is 0 Å². The van der Waals surface area contributed by atoms with Gasteiger partial charge in [0.2, 0.25) is 5.88 Å². The minimum atomic E-state index is -0.353. The van der Waals surface area contributed by atoms with Gasteiger partial charge >= 0.3 is 0 Å². The van der Waals surface area contributed by atoms with E-state index in [1.807, 2.05) is 6.07 Å². The van der Waals surface area contributed by atoms with E-state index in [1.54, 1.807) is 48.7 Å². The van der Waals surface area contributed by atoms with E-state index in [0.29, 0.717) is 29.8 Å². The highest BCUT2D eigenvalue weighted by atomic mass is 19.1. The Labute approximate surface area is 183 Å². The van der Waals surface area contributed by atoms with E-state index in [9.17, 15) is 14.0 Å². The number of nitrogens with zero attached hydrogens (tertiary/aromatic N) is 2. The van der Waals surface area contributed by atoms with Crippen molar-refractivity contribution in [3.63, 3.8) is 0 Å². The minimum Gasteiger partial charge on any atom is -0.472 e. The van der Waals surface area contributed by atoms with E-state index in [0.717, 1.165) is 5.76 Å². The van der Waals surface area contributed by atoms with Crippen molar-refractivity contribution in [2.75, 3.05) is 6.54 Å². The van der Waals surface area contributed by atoms with Crippen molar-refractivity contribution in [3.05, 3.63) is 112 Å². The first-order valence-corrected chi connectivity index (χ1v) is 9.97. The van der Waals surface area contributed by atoms with Crippen LogP contribution in [-0.2, 0) is 13.0 Å². The number of carbonyl (C=O) groups excluding carboxylic acids is 1. The largest absolute Gasteiger partial charge is 0.472 e. The molecule has 7 nitrogen and oxygen atoms in total. The first kappa shape index (κ1) is 21.0. The van der Waals surface area contributed by atoms with Gasteiger partial charge in [-0.05, 0) is 54.1 Å². The molecule has 8 heteroatoms. The van der Waals surface area contributed by atoms with Gasteiger partial charge in [0.15, 0.2) is 0 Å². The molecule has 1 N–H and O–H groups in total. The molecule has 0 saturated carbocycles. The SMILES string of the molecule is O=C(NCCc1ccco1)c1ccc(-n2nc(OCc3cccc(F)c3)ccc2=O)cc1. The van der Waals surface area contributed by atoms with E-state index in [-0.39, 0.29) is 29.8 Å². The van der Waals surface area contributed by atoms with E-state index in [2.05, 4.69) is 10.4 Å². The second-order valence-corrected chi connectivity index (χ2v) is 6.97. The summed E-state index contributed by atoms with van der Waals surface area (Å²) in [5.41, 5.74) is 1.24. The topological polar surface area (TPSA) is 86.4 Å². The number of ether oxygens (including phenoxy) is 1. The molecule has 162 valence electrons. The van der Waals surface area contributed by atoms with Crippen molar-refractivity contribution >= 4 is 5.91 Å². The fourth-order valence-electron chi connectivity index (χ4n) is 3.05. The molecule has 32 heavy (non-hydrogen) atoms. The Bertz CT molecular complexity index is 1250. The summed E-state index contributed by atoms with van der Waals surface area (Å²) in [7, 11) is 0. The summed E-state index contributed by atoms with van der Waals surface area (Å²) < 4.78 is 25.3. The fourth-order valence-corrected chi connectivity index (χ4v) is 3.05. The van der Waals surface area contributed by atoms with Crippen LogP contribution in [0.15, 0.2) is 88.3 Å². The molecular formula is C24H20FN3O4. The van der Waals surface area contributed by atoms with Gasteiger partial charge in [-0.3, -0.25) is 9.59 Å². The van der Waals surface area contributed by atoms with Gasteiger partial charge in [0.1, 0.15) is 18.2 Å². The first-order valence-electron chi connectivity index (χ1n) is 9.97. The zero-order valence-electron chi connectivity index (χ0n) is 17.0. The third-order valence-corrected chi connectivity index (χ3v) is 4.66. The van der Waals surface area contributed by atoms with Gasteiger partial charge in [0.25, 0.3) is 11.5 Å². The van der Waals surface area contributed by atoms with E-state index in [1.165, 1.54) is 28.9 Å². The number of aromatic nitrogens is 2. The van der Waals surface area contributed by atoms with Gasteiger partial charge < -0.3 is 14.5 Å². The lowest BCUT2D eigenvalue weighted by Gasteiger charge is -2.09. The van der Waals surface area contributed by atoms with Crippen molar-refractivity contribution in [2.24, 2.45) is 0 Å². The van der Waals surface area contributed by atoms with Crippen LogP contribution in [0.5, 0.6) is 5.88 Å². The second-order valence-electron chi connectivity index (χ2n) is 6.97. The van der Waals surface area contributed by atoms with Crippen LogP contribution in [0.3, 0.4) is 0 Å². The Hall–Kier alpha value is -4.20. The molecule has 0 atom stereocenters. The lowest BCUT2D eigenvalue weighted by atomic mass is 10.2. The molecule has 0 unspecified atom stereocenters. The highest BCUT2D eigenvalue weighted by Gasteiger charge is 2.09. The molecule has 1 amide bonds. The van der Waals surface area contributed by atoms with Gasteiger partial charge in [0.05, 0.1) is 12.0 Å². The van der Waals surface area contributed by atoms with E-state index >= 15 is 0 Å². The van der Waals surface area contributed by atoms with Crippen LogP contribution in [0.4, 0.5) is 4.39 Å². The van der Waals surface area contributed by atoms with Crippen LogP contribution in [0, 0.1) is 5.82 Å². The molecular weight excluding hydrogens is 413 g/mol. The van der Waals surface area contributed by atoms with Crippen molar-refractivity contribution in [3.8, 4) is 11.6 Å². The number of amides is 1. The number of hydrogen-bond acceptors (Lipinski definition) is 5. The molecule has 2 heterocycles. The van der Waals surface area contributed by atoms with Gasteiger partial charge in [-0.1, -0.05) is 12.1 Å². The summed E-state index contributed by atoms with van der Waals surface area (Å²) in [6, 6.07) is 19.0. The van der Waals surface area contributed by atoms with Gasteiger partial charge in [0, 0.05) is 30.7 Å². The number of rotatable bonds is 8. The molecule has 0 aliphatic carbocycles. The Morgan fingerprint density at radius 3 is 2.66 bits per heavy atom. The summed E-state index contributed by atoms with van der Waals surface area (Å²) in [5, 5.41) is 7.03. The van der Waals surface area contributed by atoms with Crippen molar-refractivity contribution in [2.45, 2.75) is 13.0 Å². The van der Waals surface area contributed by atoms with Crippen LogP contribution < -0.4 is 15.6 Å². The molecule has 4 rings (SSSR count). The number of carbonyl (C=O) groups is 1. The second kappa shape index (κ2) is 9.74. The number of nitrogens with one attached hydrogen (secondary N) is 1. The molecule has 2 aromatic heterocycles. The molecule has 4 aromatic rings. The number of benzene rings is 2. The number of halogens is 1. The molecule has 0 spiro atoms. The number of furan rings is 1. The minimum absolute atomic E-state index is 0.111. The summed E-state index contributed by atoms with van der Waals surface area (Å²) in [5.74, 6) is 0.434. The predicted octanol–water partition coefficient (Wildman–Crippen LogP) is 3.52. The molecule has 2 aromatic carbocycles.